The second-order valence-electron chi connectivity index (χ2n) is 10.8. The summed E-state index contributed by atoms with van der Waals surface area (Å²) >= 11 is 0. The molecule has 5 rings (SSSR count). The number of sulfone groups is 1. The summed E-state index contributed by atoms with van der Waals surface area (Å²) in [6.07, 6.45) is 2.29. The second-order valence-corrected chi connectivity index (χ2v) is 14.6. The van der Waals surface area contributed by atoms with Gasteiger partial charge in [-0.2, -0.15) is 4.31 Å². The van der Waals surface area contributed by atoms with E-state index < -0.39 is 19.9 Å². The van der Waals surface area contributed by atoms with Crippen LogP contribution >= 0.6 is 0 Å². The number of hydrogen-bond acceptors (Lipinski definition) is 7. The molecule has 40 heavy (non-hydrogen) atoms. The van der Waals surface area contributed by atoms with Crippen LogP contribution < -0.4 is 4.90 Å². The Morgan fingerprint density at radius 1 is 0.750 bits per heavy atom. The van der Waals surface area contributed by atoms with E-state index in [2.05, 4.69) is 11.9 Å². The molecule has 0 radical (unpaired) electrons. The van der Waals surface area contributed by atoms with Crippen LogP contribution in [0.3, 0.4) is 0 Å². The van der Waals surface area contributed by atoms with Crippen LogP contribution in [-0.2, 0) is 43.9 Å². The van der Waals surface area contributed by atoms with Gasteiger partial charge in [-0.15, -0.1) is 0 Å². The van der Waals surface area contributed by atoms with E-state index in [0.717, 1.165) is 42.6 Å². The number of nitrogens with zero attached hydrogens (tertiary/aromatic N) is 3. The topological polar surface area (TPSA) is 87.2 Å². The third-order valence-electron chi connectivity index (χ3n) is 7.75. The normalized spacial score (nSPS) is 17.3. The van der Waals surface area contributed by atoms with Crippen LogP contribution in [0.5, 0.6) is 0 Å². The Bertz CT molecular complexity index is 1560. The first kappa shape index (κ1) is 28.8. The van der Waals surface area contributed by atoms with E-state index in [1.165, 1.54) is 9.87 Å². The molecule has 0 atom stereocenters. The molecule has 0 unspecified atom stereocenters. The third-order valence-corrected chi connectivity index (χ3v) is 11.5. The van der Waals surface area contributed by atoms with Crippen LogP contribution in [0.15, 0.2) is 75.4 Å². The number of rotatable bonds is 7. The fourth-order valence-electron chi connectivity index (χ4n) is 5.28. The Labute approximate surface area is 238 Å². The van der Waals surface area contributed by atoms with E-state index in [1.54, 1.807) is 24.3 Å². The molecule has 214 valence electrons. The number of fused-ring (bicyclic) bond motifs is 1. The zero-order valence-corrected chi connectivity index (χ0v) is 25.0. The van der Waals surface area contributed by atoms with Crippen LogP contribution in [0.2, 0.25) is 0 Å². The van der Waals surface area contributed by atoms with Crippen molar-refractivity contribution in [2.45, 2.75) is 33.9 Å². The second kappa shape index (κ2) is 11.6. The maximum absolute atomic E-state index is 13.8. The predicted molar refractivity (Wildman–Crippen MR) is 156 cm³/mol. The molecule has 2 aliphatic heterocycles. The maximum atomic E-state index is 13.8. The molecule has 0 amide bonds. The molecule has 0 aromatic heterocycles. The molecule has 2 heterocycles. The van der Waals surface area contributed by atoms with Crippen LogP contribution in [0, 0.1) is 0 Å². The molecule has 8 nitrogen and oxygen atoms in total. The lowest BCUT2D eigenvalue weighted by molar-refractivity contribution is 0.0730. The van der Waals surface area contributed by atoms with Gasteiger partial charge >= 0.3 is 0 Å². The standard InChI is InChI=1S/C30H37N3O5S2/c1-31(2)29-21-25-12-14-32(3)15-13-26(25)22-30(29)39(34,35)27-8-4-23(5-9-27)20-24-6-10-28(11-7-24)40(36,37)33-16-18-38-19-17-33/h4-11,21-22H,12-20H2,1-3H3. The highest BCUT2D eigenvalue weighted by Gasteiger charge is 2.27. The van der Waals surface area contributed by atoms with Crippen molar-refractivity contribution in [2.75, 3.05) is 65.4 Å². The van der Waals surface area contributed by atoms with Gasteiger partial charge < -0.3 is 14.5 Å². The highest BCUT2D eigenvalue weighted by Crippen LogP contribution is 2.34. The van der Waals surface area contributed by atoms with E-state index in [9.17, 15) is 16.8 Å². The summed E-state index contributed by atoms with van der Waals surface area (Å²) in [5.74, 6) is 0. The SMILES string of the molecule is CN1CCc2cc(N(C)C)c(S(=O)(=O)c3ccc(Cc4ccc(S(=O)(=O)N5CCOCC5)cc4)cc3)cc2CC1. The van der Waals surface area contributed by atoms with Gasteiger partial charge in [0.05, 0.1) is 33.6 Å². The van der Waals surface area contributed by atoms with Crippen molar-refractivity contribution >= 4 is 25.5 Å². The van der Waals surface area contributed by atoms with Crippen LogP contribution in [0.4, 0.5) is 5.69 Å². The Morgan fingerprint density at radius 2 is 1.27 bits per heavy atom. The predicted octanol–water partition coefficient (Wildman–Crippen LogP) is 3.23. The molecule has 1 saturated heterocycles. The molecule has 0 saturated carbocycles. The molecule has 10 heteroatoms. The molecular formula is C30H37N3O5S2. The molecule has 0 N–H and O–H groups in total. The summed E-state index contributed by atoms with van der Waals surface area (Å²) in [5.41, 5.74) is 4.91. The molecule has 0 spiro atoms. The van der Waals surface area contributed by atoms with Crippen LogP contribution in [-0.4, -0.2) is 86.6 Å². The van der Waals surface area contributed by atoms with Gasteiger partial charge in [-0.25, -0.2) is 16.8 Å². The van der Waals surface area contributed by atoms with E-state index in [0.29, 0.717) is 43.3 Å². The van der Waals surface area contributed by atoms with Gasteiger partial charge in [-0.1, -0.05) is 24.3 Å². The zero-order valence-electron chi connectivity index (χ0n) is 23.3. The lowest BCUT2D eigenvalue weighted by Crippen LogP contribution is -2.40. The largest absolute Gasteiger partial charge is 0.379 e. The first-order valence-electron chi connectivity index (χ1n) is 13.6. The number of ether oxygens (including phenoxy) is 1. The Morgan fingerprint density at radius 3 is 1.82 bits per heavy atom. The van der Waals surface area contributed by atoms with E-state index in [4.69, 9.17) is 4.74 Å². The van der Waals surface area contributed by atoms with Gasteiger partial charge in [0.2, 0.25) is 19.9 Å². The van der Waals surface area contributed by atoms with Gasteiger partial charge in [0, 0.05) is 40.3 Å². The van der Waals surface area contributed by atoms with E-state index >= 15 is 0 Å². The van der Waals surface area contributed by atoms with Gasteiger partial charge in [0.25, 0.3) is 0 Å². The minimum atomic E-state index is -3.73. The molecule has 1 fully saturated rings. The number of likely N-dealkylation sites (N-methyl/N-ethyl adjacent to an activating group) is 1. The fourth-order valence-corrected chi connectivity index (χ4v) is 8.25. The number of sulfonamides is 1. The quantitative estimate of drug-likeness (QED) is 0.422. The Hall–Kier alpha value is -2.76. The average molecular weight is 584 g/mol. The van der Waals surface area contributed by atoms with Crippen molar-refractivity contribution < 1.29 is 21.6 Å². The Balaban J connectivity index is 1.35. The van der Waals surface area contributed by atoms with Gasteiger partial charge in [-0.3, -0.25) is 0 Å². The minimum Gasteiger partial charge on any atom is -0.379 e. The first-order chi connectivity index (χ1) is 19.1. The summed E-state index contributed by atoms with van der Waals surface area (Å²) in [5, 5.41) is 0. The minimum absolute atomic E-state index is 0.261. The number of morpholine rings is 1. The van der Waals surface area contributed by atoms with Crippen LogP contribution in [0.25, 0.3) is 0 Å². The lowest BCUT2D eigenvalue weighted by Gasteiger charge is -2.26. The third kappa shape index (κ3) is 5.96. The summed E-state index contributed by atoms with van der Waals surface area (Å²) in [4.78, 5) is 5.02. The van der Waals surface area contributed by atoms with Gasteiger partial charge in [0.15, 0.2) is 0 Å². The summed E-state index contributed by atoms with van der Waals surface area (Å²) in [6.45, 7) is 3.39. The smallest absolute Gasteiger partial charge is 0.243 e. The molecule has 0 bridgehead atoms. The molecule has 2 aliphatic rings. The fraction of sp³-hybridized carbons (Fsp3) is 0.400. The summed E-state index contributed by atoms with van der Waals surface area (Å²) < 4.78 is 60.1. The van der Waals surface area contributed by atoms with Gasteiger partial charge in [-0.05, 0) is 85.0 Å². The first-order valence-corrected chi connectivity index (χ1v) is 16.5. The molecule has 3 aromatic rings. The lowest BCUT2D eigenvalue weighted by atomic mass is 10.0. The molecule has 0 aliphatic carbocycles. The van der Waals surface area contributed by atoms with Crippen molar-refractivity contribution in [3.63, 3.8) is 0 Å². The summed E-state index contributed by atoms with van der Waals surface area (Å²) in [7, 11) is -1.42. The molecule has 3 aromatic carbocycles. The average Bonchev–Trinajstić information content (AvgIpc) is 3.14. The highest BCUT2D eigenvalue weighted by atomic mass is 32.2. The number of benzene rings is 3. The van der Waals surface area contributed by atoms with Crippen molar-refractivity contribution in [1.29, 1.82) is 0 Å². The Kier molecular flexibility index (Phi) is 8.35. The van der Waals surface area contributed by atoms with Crippen molar-refractivity contribution in [1.82, 2.24) is 9.21 Å². The summed E-state index contributed by atoms with van der Waals surface area (Å²) in [6, 6.07) is 17.8. The van der Waals surface area contributed by atoms with Crippen molar-refractivity contribution in [3.8, 4) is 0 Å². The zero-order chi connectivity index (χ0) is 28.5. The van der Waals surface area contributed by atoms with E-state index in [1.807, 2.05) is 55.4 Å². The van der Waals surface area contributed by atoms with Gasteiger partial charge in [0.1, 0.15) is 0 Å². The highest BCUT2D eigenvalue weighted by molar-refractivity contribution is 7.91. The number of hydrogen-bond donors (Lipinski definition) is 0. The van der Waals surface area contributed by atoms with Crippen LogP contribution in [0.1, 0.15) is 22.3 Å². The maximum Gasteiger partial charge on any atom is 0.243 e. The molecular weight excluding hydrogens is 546 g/mol. The van der Waals surface area contributed by atoms with E-state index in [-0.39, 0.29) is 9.79 Å². The van der Waals surface area contributed by atoms with Crippen molar-refractivity contribution in [2.24, 2.45) is 0 Å². The monoisotopic (exact) mass is 583 g/mol. The number of anilines is 1. The van der Waals surface area contributed by atoms with Crippen molar-refractivity contribution in [3.05, 3.63) is 82.9 Å².